The predicted octanol–water partition coefficient (Wildman–Crippen LogP) is 5.77. The first-order valence-electron chi connectivity index (χ1n) is 9.38. The molecule has 2 aromatic carbocycles. The van der Waals surface area contributed by atoms with Crippen molar-refractivity contribution in [2.45, 2.75) is 33.2 Å². The Balaban J connectivity index is 1.49. The number of hydrogen-bond donors (Lipinski definition) is 0. The highest BCUT2D eigenvalue weighted by Gasteiger charge is 2.11. The van der Waals surface area contributed by atoms with Gasteiger partial charge in [-0.2, -0.15) is 0 Å². The van der Waals surface area contributed by atoms with Crippen LogP contribution in [-0.2, 0) is 13.0 Å². The fourth-order valence-electron chi connectivity index (χ4n) is 3.50. The molecule has 2 aromatic heterocycles. The summed E-state index contributed by atoms with van der Waals surface area (Å²) in [6.07, 6.45) is 1.83. The summed E-state index contributed by atoms with van der Waals surface area (Å²) in [4.78, 5) is 6.23. The Kier molecular flexibility index (Phi) is 5.26. The Hall–Kier alpha value is -2.59. The number of imidazole rings is 1. The molecule has 0 unspecified atom stereocenters. The molecule has 0 radical (unpaired) electrons. The van der Waals surface area contributed by atoms with E-state index >= 15 is 0 Å². The molecule has 27 heavy (non-hydrogen) atoms. The van der Waals surface area contributed by atoms with Gasteiger partial charge in [0.1, 0.15) is 11.6 Å². The van der Waals surface area contributed by atoms with E-state index in [0.717, 1.165) is 36.5 Å². The van der Waals surface area contributed by atoms with Crippen LogP contribution < -0.4 is 4.74 Å². The highest BCUT2D eigenvalue weighted by Crippen LogP contribution is 2.23. The van der Waals surface area contributed by atoms with Gasteiger partial charge in [-0.3, -0.25) is 0 Å². The molecule has 0 atom stereocenters. The van der Waals surface area contributed by atoms with Gasteiger partial charge in [0.25, 0.3) is 0 Å². The Morgan fingerprint density at radius 3 is 2.56 bits per heavy atom. The molecule has 0 aliphatic carbocycles. The molecule has 0 fully saturated rings. The van der Waals surface area contributed by atoms with Crippen LogP contribution >= 0.6 is 11.3 Å². The van der Waals surface area contributed by atoms with Crippen LogP contribution in [0.25, 0.3) is 11.0 Å². The molecule has 2 heterocycles. The summed E-state index contributed by atoms with van der Waals surface area (Å²) >= 11 is 1.79. The lowest BCUT2D eigenvalue weighted by molar-refractivity contribution is 0.298. The third-order valence-electron chi connectivity index (χ3n) is 4.83. The van der Waals surface area contributed by atoms with E-state index in [0.29, 0.717) is 6.61 Å². The average Bonchev–Trinajstić information content (AvgIpc) is 3.29. The SMILES string of the molecule is Cc1cccc(C)c1OCCCn1c(Cc2cccs2)nc2ccccc21. The lowest BCUT2D eigenvalue weighted by Gasteiger charge is -2.13. The molecule has 0 amide bonds. The maximum Gasteiger partial charge on any atom is 0.125 e. The van der Waals surface area contributed by atoms with Crippen molar-refractivity contribution in [3.8, 4) is 5.75 Å². The molecule has 4 aromatic rings. The standard InChI is InChI=1S/C23H24N2OS/c1-17-8-5-9-18(2)23(17)26-14-7-13-25-21-12-4-3-11-20(21)24-22(25)16-19-10-6-15-27-19/h3-6,8-12,15H,7,13-14,16H2,1-2H3. The van der Waals surface area contributed by atoms with Gasteiger partial charge in [0, 0.05) is 17.8 Å². The van der Waals surface area contributed by atoms with Gasteiger partial charge in [-0.25, -0.2) is 4.98 Å². The zero-order valence-corrected chi connectivity index (χ0v) is 16.6. The number of nitrogens with zero attached hydrogens (tertiary/aromatic N) is 2. The molecule has 3 nitrogen and oxygen atoms in total. The quantitative estimate of drug-likeness (QED) is 0.383. The molecular weight excluding hydrogens is 352 g/mol. The monoisotopic (exact) mass is 376 g/mol. The summed E-state index contributed by atoms with van der Waals surface area (Å²) < 4.78 is 8.44. The van der Waals surface area contributed by atoms with Crippen LogP contribution in [-0.4, -0.2) is 16.2 Å². The van der Waals surface area contributed by atoms with Crippen molar-refractivity contribution in [1.29, 1.82) is 0 Å². The number of rotatable bonds is 7. The van der Waals surface area contributed by atoms with Crippen molar-refractivity contribution in [2.24, 2.45) is 0 Å². The van der Waals surface area contributed by atoms with Crippen molar-refractivity contribution in [3.05, 3.63) is 81.8 Å². The van der Waals surface area contributed by atoms with Gasteiger partial charge in [-0.1, -0.05) is 36.4 Å². The summed E-state index contributed by atoms with van der Waals surface area (Å²) in [6.45, 7) is 5.82. The number of para-hydroxylation sites is 3. The van der Waals surface area contributed by atoms with Crippen LogP contribution in [0.5, 0.6) is 5.75 Å². The Bertz CT molecular complexity index is 1010. The number of thiophene rings is 1. The Morgan fingerprint density at radius 1 is 0.963 bits per heavy atom. The van der Waals surface area contributed by atoms with Crippen LogP contribution in [0.4, 0.5) is 0 Å². The van der Waals surface area contributed by atoms with Gasteiger partial charge < -0.3 is 9.30 Å². The first kappa shape index (κ1) is 17.8. The second-order valence-electron chi connectivity index (χ2n) is 6.85. The van der Waals surface area contributed by atoms with Gasteiger partial charge in [0.2, 0.25) is 0 Å². The van der Waals surface area contributed by atoms with E-state index in [4.69, 9.17) is 9.72 Å². The minimum Gasteiger partial charge on any atom is -0.493 e. The topological polar surface area (TPSA) is 27.1 Å². The Labute approximate surface area is 164 Å². The number of aryl methyl sites for hydroxylation is 3. The molecule has 4 rings (SSSR count). The van der Waals surface area contributed by atoms with E-state index in [1.54, 1.807) is 11.3 Å². The molecule has 0 aliphatic rings. The smallest absolute Gasteiger partial charge is 0.125 e. The first-order valence-corrected chi connectivity index (χ1v) is 10.3. The Morgan fingerprint density at radius 2 is 1.78 bits per heavy atom. The third-order valence-corrected chi connectivity index (χ3v) is 5.70. The summed E-state index contributed by atoms with van der Waals surface area (Å²) in [6, 6.07) is 19.0. The van der Waals surface area contributed by atoms with Gasteiger partial charge in [-0.05, 0) is 55.0 Å². The summed E-state index contributed by atoms with van der Waals surface area (Å²) in [5.74, 6) is 2.15. The molecule has 138 valence electrons. The van der Waals surface area contributed by atoms with Gasteiger partial charge in [0.15, 0.2) is 0 Å². The zero-order valence-electron chi connectivity index (χ0n) is 15.8. The lowest BCUT2D eigenvalue weighted by Crippen LogP contribution is -2.09. The third kappa shape index (κ3) is 3.91. The largest absolute Gasteiger partial charge is 0.493 e. The van der Waals surface area contributed by atoms with Gasteiger partial charge in [0.05, 0.1) is 17.6 Å². The average molecular weight is 377 g/mol. The van der Waals surface area contributed by atoms with Crippen molar-refractivity contribution < 1.29 is 4.74 Å². The van der Waals surface area contributed by atoms with E-state index in [2.05, 4.69) is 78.4 Å². The van der Waals surface area contributed by atoms with Crippen molar-refractivity contribution in [3.63, 3.8) is 0 Å². The fourth-order valence-corrected chi connectivity index (χ4v) is 4.20. The fraction of sp³-hybridized carbons (Fsp3) is 0.261. The van der Waals surface area contributed by atoms with Gasteiger partial charge >= 0.3 is 0 Å². The van der Waals surface area contributed by atoms with E-state index in [1.165, 1.54) is 21.5 Å². The van der Waals surface area contributed by atoms with Crippen molar-refractivity contribution in [2.75, 3.05) is 6.61 Å². The van der Waals surface area contributed by atoms with Crippen LogP contribution in [0.2, 0.25) is 0 Å². The zero-order chi connectivity index (χ0) is 18.6. The van der Waals surface area contributed by atoms with Crippen LogP contribution in [0.3, 0.4) is 0 Å². The van der Waals surface area contributed by atoms with Crippen molar-refractivity contribution in [1.82, 2.24) is 9.55 Å². The number of benzene rings is 2. The van der Waals surface area contributed by atoms with E-state index < -0.39 is 0 Å². The second kappa shape index (κ2) is 7.97. The highest BCUT2D eigenvalue weighted by molar-refractivity contribution is 7.09. The van der Waals surface area contributed by atoms with Crippen LogP contribution in [0.15, 0.2) is 60.0 Å². The molecule has 0 saturated carbocycles. The normalized spacial score (nSPS) is 11.2. The molecule has 0 spiro atoms. The molecule has 0 saturated heterocycles. The van der Waals surface area contributed by atoms with Crippen molar-refractivity contribution >= 4 is 22.4 Å². The first-order chi connectivity index (χ1) is 13.2. The van der Waals surface area contributed by atoms with E-state index in [1.807, 2.05) is 0 Å². The summed E-state index contributed by atoms with van der Waals surface area (Å²) in [7, 11) is 0. The predicted molar refractivity (Wildman–Crippen MR) is 113 cm³/mol. The number of fused-ring (bicyclic) bond motifs is 1. The van der Waals surface area contributed by atoms with Crippen LogP contribution in [0, 0.1) is 13.8 Å². The molecular formula is C23H24N2OS. The minimum atomic E-state index is 0.705. The van der Waals surface area contributed by atoms with Gasteiger partial charge in [-0.15, -0.1) is 11.3 Å². The van der Waals surface area contributed by atoms with Crippen LogP contribution in [0.1, 0.15) is 28.2 Å². The number of hydrogen-bond acceptors (Lipinski definition) is 3. The number of ether oxygens (including phenoxy) is 1. The molecule has 4 heteroatoms. The summed E-state index contributed by atoms with van der Waals surface area (Å²) in [5.41, 5.74) is 4.67. The maximum absolute atomic E-state index is 6.09. The summed E-state index contributed by atoms with van der Waals surface area (Å²) in [5, 5.41) is 2.13. The molecule has 0 bridgehead atoms. The second-order valence-corrected chi connectivity index (χ2v) is 7.88. The maximum atomic E-state index is 6.09. The van der Waals surface area contributed by atoms with E-state index in [-0.39, 0.29) is 0 Å². The minimum absolute atomic E-state index is 0.705. The highest BCUT2D eigenvalue weighted by atomic mass is 32.1. The van der Waals surface area contributed by atoms with E-state index in [9.17, 15) is 0 Å². The molecule has 0 N–H and O–H groups in total. The molecule has 0 aliphatic heterocycles. The number of aromatic nitrogens is 2. The lowest BCUT2D eigenvalue weighted by atomic mass is 10.1.